The predicted octanol–water partition coefficient (Wildman–Crippen LogP) is 4.46. The highest BCUT2D eigenvalue weighted by Crippen LogP contribution is 2.26. The summed E-state index contributed by atoms with van der Waals surface area (Å²) in [5.41, 5.74) is 1.98. The number of nitrogens with one attached hydrogen (secondary N) is 1. The molecule has 0 atom stereocenters. The number of rotatable bonds is 5. The molecule has 0 radical (unpaired) electrons. The van der Waals surface area contributed by atoms with Crippen LogP contribution in [0.5, 0.6) is 0 Å². The van der Waals surface area contributed by atoms with Crippen LogP contribution < -0.4 is 10.2 Å². The predicted molar refractivity (Wildman–Crippen MR) is 104 cm³/mol. The summed E-state index contributed by atoms with van der Waals surface area (Å²) in [7, 11) is 0. The Bertz CT molecular complexity index is 834. The zero-order valence-electron chi connectivity index (χ0n) is 14.6. The first-order valence-corrected chi connectivity index (χ1v) is 9.86. The van der Waals surface area contributed by atoms with Crippen molar-refractivity contribution in [2.45, 2.75) is 32.2 Å². The van der Waals surface area contributed by atoms with Crippen molar-refractivity contribution >= 4 is 22.2 Å². The minimum atomic E-state index is -0.228. The zero-order valence-corrected chi connectivity index (χ0v) is 15.4. The van der Waals surface area contributed by atoms with E-state index in [1.807, 2.05) is 12.3 Å². The molecule has 2 aromatic heterocycles. The van der Waals surface area contributed by atoms with E-state index in [0.717, 1.165) is 34.7 Å². The van der Waals surface area contributed by atoms with Crippen LogP contribution in [-0.4, -0.2) is 27.9 Å². The highest BCUT2D eigenvalue weighted by molar-refractivity contribution is 7.17. The second-order valence-electron chi connectivity index (χ2n) is 6.50. The molecule has 0 unspecified atom stereocenters. The first-order valence-electron chi connectivity index (χ1n) is 9.04. The van der Waals surface area contributed by atoms with Gasteiger partial charge in [-0.1, -0.05) is 24.2 Å². The van der Waals surface area contributed by atoms with E-state index >= 15 is 0 Å². The fourth-order valence-corrected chi connectivity index (χ4v) is 4.12. The lowest BCUT2D eigenvalue weighted by atomic mass is 10.2. The van der Waals surface area contributed by atoms with Gasteiger partial charge in [-0.3, -0.25) is 4.57 Å². The van der Waals surface area contributed by atoms with Gasteiger partial charge in [0.15, 0.2) is 0 Å². The SMILES string of the molecule is Fc1ccc(NCc2cccn2-c2nnc(N3CCCCCC3)s2)cc1. The average molecular weight is 371 g/mol. The summed E-state index contributed by atoms with van der Waals surface area (Å²) in [4.78, 5) is 2.36. The van der Waals surface area contributed by atoms with Crippen molar-refractivity contribution in [3.63, 3.8) is 0 Å². The Kier molecular flexibility index (Phi) is 5.15. The van der Waals surface area contributed by atoms with Gasteiger partial charge in [-0.2, -0.15) is 0 Å². The van der Waals surface area contributed by atoms with E-state index in [1.54, 1.807) is 23.5 Å². The fraction of sp³-hybridized carbons (Fsp3) is 0.368. The van der Waals surface area contributed by atoms with Crippen LogP contribution in [0.3, 0.4) is 0 Å². The third-order valence-electron chi connectivity index (χ3n) is 4.64. The molecular formula is C19H22FN5S. The molecule has 4 rings (SSSR count). The molecule has 0 spiro atoms. The molecule has 3 heterocycles. The van der Waals surface area contributed by atoms with Gasteiger partial charge in [-0.25, -0.2) is 4.39 Å². The number of anilines is 2. The average Bonchev–Trinajstić information content (AvgIpc) is 3.24. The summed E-state index contributed by atoms with van der Waals surface area (Å²) < 4.78 is 15.1. The molecule has 1 saturated heterocycles. The van der Waals surface area contributed by atoms with Crippen molar-refractivity contribution in [2.24, 2.45) is 0 Å². The lowest BCUT2D eigenvalue weighted by Gasteiger charge is -2.17. The second kappa shape index (κ2) is 7.86. The summed E-state index contributed by atoms with van der Waals surface area (Å²) in [6.07, 6.45) is 7.07. The summed E-state index contributed by atoms with van der Waals surface area (Å²) in [6, 6.07) is 10.5. The summed E-state index contributed by atoms with van der Waals surface area (Å²) in [5, 5.41) is 14.0. The Hall–Kier alpha value is -2.41. The van der Waals surface area contributed by atoms with Crippen LogP contribution in [0.2, 0.25) is 0 Å². The van der Waals surface area contributed by atoms with E-state index in [0.29, 0.717) is 6.54 Å². The van der Waals surface area contributed by atoms with Gasteiger partial charge in [0.2, 0.25) is 10.3 Å². The molecule has 136 valence electrons. The summed E-state index contributed by atoms with van der Waals surface area (Å²) in [6.45, 7) is 2.77. The van der Waals surface area contributed by atoms with Crippen molar-refractivity contribution in [3.05, 3.63) is 54.1 Å². The standard InChI is InChI=1S/C19H22FN5S/c20-15-7-9-16(10-8-15)21-14-17-6-5-13-25(17)19-23-22-18(26-19)24-11-3-1-2-4-12-24/h5-10,13,21H,1-4,11-12,14H2. The summed E-state index contributed by atoms with van der Waals surface area (Å²) >= 11 is 1.63. The normalized spacial score (nSPS) is 15.0. The van der Waals surface area contributed by atoms with E-state index in [4.69, 9.17) is 0 Å². The van der Waals surface area contributed by atoms with Crippen molar-refractivity contribution in [1.82, 2.24) is 14.8 Å². The zero-order chi connectivity index (χ0) is 17.8. The van der Waals surface area contributed by atoms with E-state index in [2.05, 4.69) is 31.0 Å². The van der Waals surface area contributed by atoms with Gasteiger partial charge in [-0.15, -0.1) is 10.2 Å². The minimum Gasteiger partial charge on any atom is -0.379 e. The molecule has 7 heteroatoms. The van der Waals surface area contributed by atoms with Crippen molar-refractivity contribution in [2.75, 3.05) is 23.3 Å². The number of hydrogen-bond acceptors (Lipinski definition) is 5. The van der Waals surface area contributed by atoms with Crippen LogP contribution in [0.25, 0.3) is 5.13 Å². The fourth-order valence-electron chi connectivity index (χ4n) is 3.20. The third-order valence-corrected chi connectivity index (χ3v) is 5.62. The number of aromatic nitrogens is 3. The quantitative estimate of drug-likeness (QED) is 0.719. The van der Waals surface area contributed by atoms with Gasteiger partial charge in [0.25, 0.3) is 0 Å². The van der Waals surface area contributed by atoms with Gasteiger partial charge in [0.05, 0.1) is 6.54 Å². The van der Waals surface area contributed by atoms with Crippen LogP contribution in [0.1, 0.15) is 31.4 Å². The lowest BCUT2D eigenvalue weighted by molar-refractivity contribution is 0.628. The monoisotopic (exact) mass is 371 g/mol. The van der Waals surface area contributed by atoms with Crippen molar-refractivity contribution in [3.8, 4) is 5.13 Å². The molecule has 3 aromatic rings. The Morgan fingerprint density at radius 2 is 1.69 bits per heavy atom. The Morgan fingerprint density at radius 1 is 0.962 bits per heavy atom. The van der Waals surface area contributed by atoms with Crippen LogP contribution in [0.4, 0.5) is 15.2 Å². The number of nitrogens with zero attached hydrogens (tertiary/aromatic N) is 4. The van der Waals surface area contributed by atoms with Gasteiger partial charge in [-0.05, 0) is 49.2 Å². The van der Waals surface area contributed by atoms with E-state index < -0.39 is 0 Å². The maximum Gasteiger partial charge on any atom is 0.218 e. The van der Waals surface area contributed by atoms with E-state index in [-0.39, 0.29) is 5.82 Å². The molecule has 0 saturated carbocycles. The molecule has 5 nitrogen and oxygen atoms in total. The van der Waals surface area contributed by atoms with E-state index in [9.17, 15) is 4.39 Å². The van der Waals surface area contributed by atoms with Gasteiger partial charge in [0, 0.05) is 30.7 Å². The van der Waals surface area contributed by atoms with Gasteiger partial charge in [0.1, 0.15) is 5.82 Å². The molecule has 1 N–H and O–H groups in total. The van der Waals surface area contributed by atoms with Gasteiger partial charge >= 0.3 is 0 Å². The molecule has 26 heavy (non-hydrogen) atoms. The van der Waals surface area contributed by atoms with Crippen LogP contribution in [0.15, 0.2) is 42.6 Å². The largest absolute Gasteiger partial charge is 0.379 e. The number of halogens is 1. The highest BCUT2D eigenvalue weighted by atomic mass is 32.1. The molecule has 0 amide bonds. The molecule has 1 aliphatic heterocycles. The molecular weight excluding hydrogens is 349 g/mol. The van der Waals surface area contributed by atoms with Gasteiger partial charge < -0.3 is 10.2 Å². The molecule has 0 aliphatic carbocycles. The maximum atomic E-state index is 13.0. The van der Waals surface area contributed by atoms with Crippen molar-refractivity contribution < 1.29 is 4.39 Å². The first kappa shape index (κ1) is 17.0. The van der Waals surface area contributed by atoms with E-state index in [1.165, 1.54) is 37.8 Å². The van der Waals surface area contributed by atoms with Crippen LogP contribution >= 0.6 is 11.3 Å². The molecule has 1 aliphatic rings. The number of hydrogen-bond donors (Lipinski definition) is 1. The Morgan fingerprint density at radius 3 is 2.46 bits per heavy atom. The first-order chi connectivity index (χ1) is 12.8. The van der Waals surface area contributed by atoms with Crippen molar-refractivity contribution in [1.29, 1.82) is 0 Å². The van der Waals surface area contributed by atoms with Crippen LogP contribution in [0, 0.1) is 5.82 Å². The highest BCUT2D eigenvalue weighted by Gasteiger charge is 2.16. The van der Waals surface area contributed by atoms with Crippen LogP contribution in [-0.2, 0) is 6.54 Å². The molecule has 1 fully saturated rings. The topological polar surface area (TPSA) is 46.0 Å². The smallest absolute Gasteiger partial charge is 0.218 e. The second-order valence-corrected chi connectivity index (χ2v) is 7.43. The number of benzene rings is 1. The minimum absolute atomic E-state index is 0.228. The lowest BCUT2D eigenvalue weighted by Crippen LogP contribution is -2.23. The Labute approximate surface area is 156 Å². The molecule has 0 bridgehead atoms. The molecule has 1 aromatic carbocycles. The maximum absolute atomic E-state index is 13.0. The summed E-state index contributed by atoms with van der Waals surface area (Å²) in [5.74, 6) is -0.228. The Balaban J connectivity index is 1.47. The third kappa shape index (κ3) is 3.88.